The molecule has 0 heterocycles. The van der Waals surface area contributed by atoms with Crippen LogP contribution in [-0.4, -0.2) is 23.2 Å². The summed E-state index contributed by atoms with van der Waals surface area (Å²) >= 11 is 0. The Hall–Kier alpha value is -2.06. The van der Waals surface area contributed by atoms with Crippen LogP contribution in [0.3, 0.4) is 0 Å². The lowest BCUT2D eigenvalue weighted by Crippen LogP contribution is -2.45. The number of primary amides is 1. The van der Waals surface area contributed by atoms with Gasteiger partial charge in [-0.25, -0.2) is 0 Å². The molecule has 0 aliphatic rings. The predicted octanol–water partition coefficient (Wildman–Crippen LogP) is 0.173. The van der Waals surface area contributed by atoms with Gasteiger partial charge in [-0.1, -0.05) is 0 Å². The summed E-state index contributed by atoms with van der Waals surface area (Å²) in [7, 11) is 0. The van der Waals surface area contributed by atoms with Crippen LogP contribution in [0.15, 0.2) is 24.3 Å². The minimum atomic E-state index is -1.70. The smallest absolute Gasteiger partial charge is 0.252 e. The maximum absolute atomic E-state index is 10.8. The van der Waals surface area contributed by atoms with E-state index in [0.29, 0.717) is 11.3 Å². The van der Waals surface area contributed by atoms with E-state index in [1.807, 2.05) is 6.07 Å². The molecule has 0 spiro atoms. The van der Waals surface area contributed by atoms with Gasteiger partial charge in [0, 0.05) is 0 Å². The van der Waals surface area contributed by atoms with Crippen LogP contribution in [0.2, 0.25) is 0 Å². The van der Waals surface area contributed by atoms with Gasteiger partial charge in [0.15, 0.2) is 5.60 Å². The highest BCUT2D eigenvalue weighted by atomic mass is 16.5. The van der Waals surface area contributed by atoms with Crippen LogP contribution < -0.4 is 10.5 Å². The van der Waals surface area contributed by atoms with Crippen LogP contribution >= 0.6 is 0 Å². The Bertz CT molecular complexity index is 418. The summed E-state index contributed by atoms with van der Waals surface area (Å²) in [4.78, 5) is 10.8. The van der Waals surface area contributed by atoms with Gasteiger partial charge in [-0.3, -0.25) is 4.79 Å². The van der Waals surface area contributed by atoms with Gasteiger partial charge in [-0.15, -0.1) is 0 Å². The Morgan fingerprint density at radius 3 is 2.56 bits per heavy atom. The van der Waals surface area contributed by atoms with Gasteiger partial charge in [0.2, 0.25) is 0 Å². The minimum Gasteiger partial charge on any atom is -0.490 e. The molecule has 16 heavy (non-hydrogen) atoms. The third-order valence-corrected chi connectivity index (χ3v) is 2.03. The van der Waals surface area contributed by atoms with E-state index in [1.54, 1.807) is 24.3 Å². The molecule has 0 radical (unpaired) electrons. The molecular weight excluding hydrogens is 208 g/mol. The number of nitrogens with two attached hydrogens (primary N) is 1. The number of carbonyl (C=O) groups excluding carboxylic acids is 1. The summed E-state index contributed by atoms with van der Waals surface area (Å²) in [6, 6.07) is 8.28. The van der Waals surface area contributed by atoms with E-state index in [4.69, 9.17) is 15.7 Å². The van der Waals surface area contributed by atoms with E-state index >= 15 is 0 Å². The van der Waals surface area contributed by atoms with Crippen molar-refractivity contribution in [2.45, 2.75) is 12.5 Å². The van der Waals surface area contributed by atoms with E-state index < -0.39 is 11.5 Å². The number of nitriles is 1. The summed E-state index contributed by atoms with van der Waals surface area (Å²) in [5.41, 5.74) is 3.78. The highest BCUT2D eigenvalue weighted by Crippen LogP contribution is 2.13. The van der Waals surface area contributed by atoms with E-state index in [2.05, 4.69) is 0 Å². The predicted molar refractivity (Wildman–Crippen MR) is 56.5 cm³/mol. The van der Waals surface area contributed by atoms with Gasteiger partial charge >= 0.3 is 0 Å². The Morgan fingerprint density at radius 1 is 1.56 bits per heavy atom. The van der Waals surface area contributed by atoms with Crippen LogP contribution in [0, 0.1) is 11.3 Å². The van der Waals surface area contributed by atoms with E-state index in [0.717, 1.165) is 0 Å². The summed E-state index contributed by atoms with van der Waals surface area (Å²) in [6.07, 6.45) is 0. The molecule has 5 heteroatoms. The number of aliphatic hydroxyl groups is 1. The molecule has 1 rings (SSSR count). The number of amides is 1. The minimum absolute atomic E-state index is 0.228. The van der Waals surface area contributed by atoms with Crippen molar-refractivity contribution in [3.63, 3.8) is 0 Å². The molecule has 0 aliphatic carbocycles. The highest BCUT2D eigenvalue weighted by Gasteiger charge is 2.28. The lowest BCUT2D eigenvalue weighted by molar-refractivity contribution is -0.137. The van der Waals surface area contributed by atoms with Crippen molar-refractivity contribution in [2.75, 3.05) is 6.61 Å². The normalized spacial score (nSPS) is 13.6. The quantitative estimate of drug-likeness (QED) is 0.756. The largest absolute Gasteiger partial charge is 0.490 e. The molecule has 0 fully saturated rings. The highest BCUT2D eigenvalue weighted by molar-refractivity contribution is 5.82. The molecule has 1 atom stereocenters. The number of ether oxygens (including phenoxy) is 1. The molecule has 84 valence electrons. The lowest BCUT2D eigenvalue weighted by atomic mass is 10.1. The maximum Gasteiger partial charge on any atom is 0.252 e. The molecule has 5 nitrogen and oxygen atoms in total. The number of rotatable bonds is 4. The topological polar surface area (TPSA) is 96.3 Å². The molecule has 0 aliphatic heterocycles. The van der Waals surface area contributed by atoms with Crippen LogP contribution in [0.1, 0.15) is 12.5 Å². The van der Waals surface area contributed by atoms with Crippen molar-refractivity contribution < 1.29 is 14.6 Å². The molecule has 0 aromatic heterocycles. The fourth-order valence-corrected chi connectivity index (χ4v) is 0.921. The van der Waals surface area contributed by atoms with Crippen molar-refractivity contribution in [3.8, 4) is 11.8 Å². The zero-order chi connectivity index (χ0) is 12.2. The summed E-state index contributed by atoms with van der Waals surface area (Å²) < 4.78 is 5.17. The fourth-order valence-electron chi connectivity index (χ4n) is 0.921. The second-order valence-corrected chi connectivity index (χ2v) is 3.56. The second kappa shape index (κ2) is 4.64. The third-order valence-electron chi connectivity index (χ3n) is 2.03. The van der Waals surface area contributed by atoms with Crippen LogP contribution in [0.5, 0.6) is 5.75 Å². The molecule has 0 unspecified atom stereocenters. The Labute approximate surface area is 93.1 Å². The van der Waals surface area contributed by atoms with E-state index in [-0.39, 0.29) is 6.61 Å². The van der Waals surface area contributed by atoms with Gasteiger partial charge in [-0.05, 0) is 31.2 Å². The van der Waals surface area contributed by atoms with Gasteiger partial charge < -0.3 is 15.6 Å². The fraction of sp³-hybridized carbons (Fsp3) is 0.273. The van der Waals surface area contributed by atoms with Crippen molar-refractivity contribution in [3.05, 3.63) is 29.8 Å². The molecule has 0 bridgehead atoms. The Balaban J connectivity index is 2.62. The zero-order valence-corrected chi connectivity index (χ0v) is 8.80. The average Bonchev–Trinajstić information content (AvgIpc) is 2.27. The first-order valence-corrected chi connectivity index (χ1v) is 4.61. The summed E-state index contributed by atoms with van der Waals surface area (Å²) in [5, 5.41) is 18.1. The van der Waals surface area contributed by atoms with Gasteiger partial charge in [0.05, 0.1) is 11.6 Å². The first-order chi connectivity index (χ1) is 7.45. The monoisotopic (exact) mass is 220 g/mol. The number of carbonyl (C=O) groups is 1. The number of nitrogens with zero attached hydrogens (tertiary/aromatic N) is 1. The van der Waals surface area contributed by atoms with Crippen LogP contribution in [0.25, 0.3) is 0 Å². The van der Waals surface area contributed by atoms with Crippen molar-refractivity contribution >= 4 is 5.91 Å². The summed E-state index contributed by atoms with van der Waals surface area (Å²) in [5.74, 6) is -0.387. The number of benzene rings is 1. The number of hydrogen-bond acceptors (Lipinski definition) is 4. The maximum atomic E-state index is 10.8. The lowest BCUT2D eigenvalue weighted by Gasteiger charge is -2.19. The van der Waals surface area contributed by atoms with Crippen LogP contribution in [-0.2, 0) is 4.79 Å². The SMILES string of the molecule is C[C@](O)(COc1ccc(C#N)cc1)C(N)=O. The van der Waals surface area contributed by atoms with E-state index in [9.17, 15) is 9.90 Å². The van der Waals surface area contributed by atoms with Gasteiger partial charge in [0.1, 0.15) is 12.4 Å². The van der Waals surface area contributed by atoms with Gasteiger partial charge in [-0.2, -0.15) is 5.26 Å². The molecule has 1 amide bonds. The number of hydrogen-bond donors (Lipinski definition) is 2. The molecule has 1 aromatic carbocycles. The summed E-state index contributed by atoms with van der Waals surface area (Å²) in [6.45, 7) is 1.05. The van der Waals surface area contributed by atoms with Crippen molar-refractivity contribution in [1.82, 2.24) is 0 Å². The first kappa shape index (κ1) is 12.0. The van der Waals surface area contributed by atoms with Crippen molar-refractivity contribution in [2.24, 2.45) is 5.73 Å². The molecule has 1 aromatic rings. The second-order valence-electron chi connectivity index (χ2n) is 3.56. The zero-order valence-electron chi connectivity index (χ0n) is 8.80. The Kier molecular flexibility index (Phi) is 3.48. The van der Waals surface area contributed by atoms with E-state index in [1.165, 1.54) is 6.92 Å². The molecule has 3 N–H and O–H groups in total. The molecular formula is C11H12N2O3. The van der Waals surface area contributed by atoms with Crippen LogP contribution in [0.4, 0.5) is 0 Å². The molecule has 0 saturated carbocycles. The average molecular weight is 220 g/mol. The Morgan fingerprint density at radius 2 is 2.12 bits per heavy atom. The van der Waals surface area contributed by atoms with Crippen molar-refractivity contribution in [1.29, 1.82) is 5.26 Å². The first-order valence-electron chi connectivity index (χ1n) is 4.61. The standard InChI is InChI=1S/C11H12N2O3/c1-11(15,10(13)14)7-16-9-4-2-8(6-12)3-5-9/h2-5,15H,7H2,1H3,(H2,13,14)/t11-/m0/s1. The third kappa shape index (κ3) is 2.97. The molecule has 0 saturated heterocycles. The van der Waals surface area contributed by atoms with Gasteiger partial charge in [0.25, 0.3) is 5.91 Å².